The average molecular weight is 251 g/mol. The van der Waals surface area contributed by atoms with Crippen LogP contribution in [0.5, 0.6) is 0 Å². The largest absolute Gasteiger partial charge is 0.381 e. The average Bonchev–Trinajstić information content (AvgIpc) is 2.83. The van der Waals surface area contributed by atoms with Gasteiger partial charge >= 0.3 is 0 Å². The second kappa shape index (κ2) is 5.48. The Balaban J connectivity index is 1.74. The first-order valence-corrected chi connectivity index (χ1v) is 7.28. The fraction of sp³-hybridized carbons (Fsp3) is 0.333. The van der Waals surface area contributed by atoms with Crippen molar-refractivity contribution in [2.75, 3.05) is 5.32 Å². The van der Waals surface area contributed by atoms with Gasteiger partial charge in [0, 0.05) is 11.7 Å². The molecule has 2 aromatic rings. The molecular weight excluding hydrogens is 230 g/mol. The van der Waals surface area contributed by atoms with Crippen molar-refractivity contribution in [2.24, 2.45) is 0 Å². The minimum absolute atomic E-state index is 0.551. The Labute approximate surface area is 115 Å². The van der Waals surface area contributed by atoms with E-state index >= 15 is 0 Å². The minimum Gasteiger partial charge on any atom is -0.381 e. The maximum absolute atomic E-state index is 3.74. The van der Waals surface area contributed by atoms with Gasteiger partial charge in [0.15, 0.2) is 0 Å². The molecule has 0 amide bonds. The molecule has 1 heteroatoms. The number of para-hydroxylation sites is 1. The lowest BCUT2D eigenvalue weighted by atomic mass is 10.1. The van der Waals surface area contributed by atoms with Gasteiger partial charge in [0.2, 0.25) is 0 Å². The van der Waals surface area contributed by atoms with Crippen molar-refractivity contribution in [3.05, 3.63) is 65.2 Å². The lowest BCUT2D eigenvalue weighted by molar-refractivity contribution is 0.770. The predicted octanol–water partition coefficient (Wildman–Crippen LogP) is 4.22. The van der Waals surface area contributed by atoms with Crippen LogP contribution in [0.25, 0.3) is 0 Å². The fourth-order valence-electron chi connectivity index (χ4n) is 3.03. The molecule has 19 heavy (non-hydrogen) atoms. The third-order valence-corrected chi connectivity index (χ3v) is 3.95. The molecule has 0 aliphatic heterocycles. The summed E-state index contributed by atoms with van der Waals surface area (Å²) in [7, 11) is 0. The minimum atomic E-state index is 0.551. The van der Waals surface area contributed by atoms with Crippen LogP contribution in [-0.4, -0.2) is 6.04 Å². The van der Waals surface area contributed by atoms with Gasteiger partial charge in [0.1, 0.15) is 0 Å². The van der Waals surface area contributed by atoms with E-state index in [0.29, 0.717) is 6.04 Å². The van der Waals surface area contributed by atoms with Crippen molar-refractivity contribution in [3.63, 3.8) is 0 Å². The van der Waals surface area contributed by atoms with E-state index in [-0.39, 0.29) is 0 Å². The Bertz CT molecular complexity index is 534. The topological polar surface area (TPSA) is 12.0 Å². The number of benzene rings is 2. The molecule has 0 heterocycles. The summed E-state index contributed by atoms with van der Waals surface area (Å²) >= 11 is 0. The lowest BCUT2D eigenvalue weighted by Gasteiger charge is -2.17. The van der Waals surface area contributed by atoms with Crippen LogP contribution in [-0.2, 0) is 19.3 Å². The van der Waals surface area contributed by atoms with Crippen LogP contribution in [0.3, 0.4) is 0 Å². The van der Waals surface area contributed by atoms with E-state index in [1.165, 1.54) is 28.8 Å². The van der Waals surface area contributed by atoms with Crippen LogP contribution in [0.15, 0.2) is 48.5 Å². The molecule has 1 aliphatic carbocycles. The molecule has 0 aromatic heterocycles. The summed E-state index contributed by atoms with van der Waals surface area (Å²) in [5.41, 5.74) is 5.78. The second-order valence-corrected chi connectivity index (χ2v) is 5.43. The van der Waals surface area contributed by atoms with Crippen molar-refractivity contribution in [1.29, 1.82) is 0 Å². The molecule has 0 radical (unpaired) electrons. The maximum atomic E-state index is 3.74. The van der Waals surface area contributed by atoms with E-state index in [4.69, 9.17) is 0 Å². The lowest BCUT2D eigenvalue weighted by Crippen LogP contribution is -2.20. The van der Waals surface area contributed by atoms with E-state index in [9.17, 15) is 0 Å². The van der Waals surface area contributed by atoms with Crippen molar-refractivity contribution in [3.8, 4) is 0 Å². The van der Waals surface area contributed by atoms with E-state index in [1.54, 1.807) is 0 Å². The molecular formula is C18H21N. The van der Waals surface area contributed by atoms with Crippen LogP contribution < -0.4 is 5.32 Å². The molecule has 0 saturated heterocycles. The third kappa shape index (κ3) is 2.65. The highest BCUT2D eigenvalue weighted by Crippen LogP contribution is 2.26. The Morgan fingerprint density at radius 1 is 0.947 bits per heavy atom. The van der Waals surface area contributed by atoms with Crippen LogP contribution in [0.1, 0.15) is 30.0 Å². The highest BCUT2D eigenvalue weighted by atomic mass is 14.9. The van der Waals surface area contributed by atoms with Crippen molar-refractivity contribution >= 4 is 5.69 Å². The number of fused-ring (bicyclic) bond motifs is 1. The van der Waals surface area contributed by atoms with Crippen LogP contribution in [0.2, 0.25) is 0 Å². The quantitative estimate of drug-likeness (QED) is 0.858. The Morgan fingerprint density at radius 3 is 2.26 bits per heavy atom. The Hall–Kier alpha value is -1.76. The fourth-order valence-corrected chi connectivity index (χ4v) is 3.03. The Kier molecular flexibility index (Phi) is 3.54. The van der Waals surface area contributed by atoms with Gasteiger partial charge in [-0.1, -0.05) is 55.8 Å². The molecule has 1 N–H and O–H groups in total. The summed E-state index contributed by atoms with van der Waals surface area (Å²) in [6.07, 6.45) is 4.65. The molecule has 0 saturated carbocycles. The summed E-state index contributed by atoms with van der Waals surface area (Å²) in [5, 5.41) is 3.74. The number of hydrogen-bond donors (Lipinski definition) is 1. The first kappa shape index (κ1) is 12.3. The summed E-state index contributed by atoms with van der Waals surface area (Å²) in [4.78, 5) is 0. The zero-order valence-corrected chi connectivity index (χ0v) is 11.5. The summed E-state index contributed by atoms with van der Waals surface area (Å²) in [6.45, 7) is 2.24. The van der Waals surface area contributed by atoms with Gasteiger partial charge in [0.05, 0.1) is 0 Å². The SMILES string of the molecule is CCCc1ccccc1NC1Cc2ccccc2C1. The summed E-state index contributed by atoms with van der Waals surface area (Å²) in [5.74, 6) is 0. The predicted molar refractivity (Wildman–Crippen MR) is 81.7 cm³/mol. The monoisotopic (exact) mass is 251 g/mol. The highest BCUT2D eigenvalue weighted by Gasteiger charge is 2.20. The molecule has 98 valence electrons. The van der Waals surface area contributed by atoms with Gasteiger partial charge in [-0.2, -0.15) is 0 Å². The first-order valence-electron chi connectivity index (χ1n) is 7.28. The van der Waals surface area contributed by atoms with E-state index < -0.39 is 0 Å². The molecule has 0 atom stereocenters. The standard InChI is InChI=1S/C18H21N/c1-2-7-14-8-5-6-11-18(14)19-17-12-15-9-3-4-10-16(15)13-17/h3-6,8-11,17,19H,2,7,12-13H2,1H3. The van der Waals surface area contributed by atoms with Gasteiger partial charge in [0.25, 0.3) is 0 Å². The zero-order valence-electron chi connectivity index (χ0n) is 11.5. The molecule has 0 unspecified atom stereocenters. The van der Waals surface area contributed by atoms with Crippen molar-refractivity contribution in [1.82, 2.24) is 0 Å². The molecule has 0 bridgehead atoms. The van der Waals surface area contributed by atoms with Gasteiger partial charge < -0.3 is 5.32 Å². The molecule has 1 aliphatic rings. The maximum Gasteiger partial charge on any atom is 0.0375 e. The molecule has 0 fully saturated rings. The van der Waals surface area contributed by atoms with Crippen LogP contribution in [0, 0.1) is 0 Å². The van der Waals surface area contributed by atoms with Crippen molar-refractivity contribution in [2.45, 2.75) is 38.6 Å². The van der Waals surface area contributed by atoms with E-state index in [1.807, 2.05) is 0 Å². The normalized spacial score (nSPS) is 14.4. The summed E-state index contributed by atoms with van der Waals surface area (Å²) in [6, 6.07) is 18.1. The first-order chi connectivity index (χ1) is 9.36. The number of anilines is 1. The smallest absolute Gasteiger partial charge is 0.0375 e. The zero-order chi connectivity index (χ0) is 13.1. The van der Waals surface area contributed by atoms with E-state index in [0.717, 1.165) is 19.3 Å². The Morgan fingerprint density at radius 2 is 1.58 bits per heavy atom. The van der Waals surface area contributed by atoms with Gasteiger partial charge in [-0.15, -0.1) is 0 Å². The number of hydrogen-bond acceptors (Lipinski definition) is 1. The second-order valence-electron chi connectivity index (χ2n) is 5.43. The molecule has 3 rings (SSSR count). The molecule has 1 nitrogen and oxygen atoms in total. The molecule has 2 aromatic carbocycles. The van der Waals surface area contributed by atoms with Crippen LogP contribution in [0.4, 0.5) is 5.69 Å². The van der Waals surface area contributed by atoms with Crippen LogP contribution >= 0.6 is 0 Å². The van der Waals surface area contributed by atoms with Gasteiger partial charge in [-0.3, -0.25) is 0 Å². The van der Waals surface area contributed by atoms with E-state index in [2.05, 4.69) is 60.8 Å². The number of aryl methyl sites for hydroxylation is 1. The van der Waals surface area contributed by atoms with Crippen molar-refractivity contribution < 1.29 is 0 Å². The highest BCUT2D eigenvalue weighted by molar-refractivity contribution is 5.53. The third-order valence-electron chi connectivity index (χ3n) is 3.95. The number of rotatable bonds is 4. The molecule has 0 spiro atoms. The van der Waals surface area contributed by atoms with Gasteiger partial charge in [-0.25, -0.2) is 0 Å². The summed E-state index contributed by atoms with van der Waals surface area (Å²) < 4.78 is 0. The van der Waals surface area contributed by atoms with Gasteiger partial charge in [-0.05, 0) is 42.0 Å². The number of nitrogens with one attached hydrogen (secondary N) is 1.